The molecule has 29 heavy (non-hydrogen) atoms. The van der Waals surface area contributed by atoms with Gasteiger partial charge in [0.25, 0.3) is 0 Å². The molecule has 0 saturated heterocycles. The van der Waals surface area contributed by atoms with Crippen molar-refractivity contribution in [3.63, 3.8) is 0 Å². The molecule has 1 rings (SSSR count). The summed E-state index contributed by atoms with van der Waals surface area (Å²) in [5.74, 6) is -1.25. The van der Waals surface area contributed by atoms with Crippen molar-refractivity contribution >= 4 is 36.8 Å². The van der Waals surface area contributed by atoms with Crippen molar-refractivity contribution in [1.29, 1.82) is 0 Å². The minimum atomic E-state index is -4.10. The lowest BCUT2D eigenvalue weighted by atomic mass is 10.0. The number of anilines is 1. The summed E-state index contributed by atoms with van der Waals surface area (Å²) in [6.45, 7) is 6.12. The number of hydrogen-bond acceptors (Lipinski definition) is 5. The van der Waals surface area contributed by atoms with Crippen LogP contribution in [-0.4, -0.2) is 65.2 Å². The number of halogens is 1. The number of aliphatic carboxylic acids is 1. The van der Waals surface area contributed by atoms with E-state index in [2.05, 4.69) is 18.3 Å². The molecule has 9 nitrogen and oxygen atoms in total. The van der Waals surface area contributed by atoms with E-state index in [1.165, 1.54) is 0 Å². The maximum atomic E-state index is 12.2. The van der Waals surface area contributed by atoms with Crippen molar-refractivity contribution in [2.24, 2.45) is 0 Å². The van der Waals surface area contributed by atoms with Gasteiger partial charge in [-0.25, -0.2) is 0 Å². The van der Waals surface area contributed by atoms with Gasteiger partial charge in [0.05, 0.1) is 31.2 Å². The normalized spacial score (nSPS) is 12.0. The van der Waals surface area contributed by atoms with Crippen LogP contribution >= 0.6 is 19.2 Å². The summed E-state index contributed by atoms with van der Waals surface area (Å²) in [7, 11) is -2.46. The fraction of sp³-hybridized carbons (Fsp3) is 0.556. The number of amides is 1. The molecule has 0 unspecified atom stereocenters. The van der Waals surface area contributed by atoms with Crippen LogP contribution in [0.15, 0.2) is 18.2 Å². The molecule has 0 spiro atoms. The molecule has 1 aromatic carbocycles. The summed E-state index contributed by atoms with van der Waals surface area (Å²) in [5.41, 5.74) is 3.21. The first-order valence-electron chi connectivity index (χ1n) is 8.90. The van der Waals surface area contributed by atoms with Gasteiger partial charge in [-0.05, 0) is 31.4 Å². The van der Waals surface area contributed by atoms with E-state index in [0.29, 0.717) is 6.61 Å². The standard InChI is InChI=1S/C15H22ClNO2.C3H8NO5P/c1-5-13-8-6-7-11(2)15(13)17(14(18)9-16)12(3)10-19-4;5-3(6)1-4-2-10(7,8)9/h6-8,12H,5,9-10H2,1-4H3;4H,1-2H2,(H,5,6)(H2,7,8,9)/t12-;/m0./s1. The van der Waals surface area contributed by atoms with E-state index in [1.807, 2.05) is 26.0 Å². The molecule has 0 radical (unpaired) electrons. The molecule has 0 fully saturated rings. The first-order chi connectivity index (χ1) is 13.5. The molecule has 166 valence electrons. The molecule has 0 aliphatic carbocycles. The van der Waals surface area contributed by atoms with Gasteiger partial charge in [-0.2, -0.15) is 0 Å². The fourth-order valence-electron chi connectivity index (χ4n) is 2.63. The first-order valence-corrected chi connectivity index (χ1v) is 11.2. The Balaban J connectivity index is 0.000000665. The SMILES string of the molecule is CCc1cccc(C)c1N(C(=O)CCl)[C@@H](C)COC.O=C(O)CNCP(=O)(O)O. The molecule has 0 aliphatic heterocycles. The predicted molar refractivity (Wildman–Crippen MR) is 113 cm³/mol. The zero-order chi connectivity index (χ0) is 22.6. The average Bonchev–Trinajstić information content (AvgIpc) is 2.62. The smallest absolute Gasteiger partial charge is 0.339 e. The van der Waals surface area contributed by atoms with Crippen molar-refractivity contribution in [1.82, 2.24) is 5.32 Å². The largest absolute Gasteiger partial charge is 0.480 e. The molecular weight excluding hydrogens is 423 g/mol. The number of carbonyl (C=O) groups is 2. The average molecular weight is 453 g/mol. The number of aryl methyl sites for hydroxylation is 2. The molecule has 1 atom stereocenters. The van der Waals surface area contributed by atoms with Gasteiger partial charge < -0.3 is 24.5 Å². The first kappa shape index (κ1) is 27.5. The lowest BCUT2D eigenvalue weighted by molar-refractivity contribution is -0.135. The maximum absolute atomic E-state index is 12.2. The lowest BCUT2D eigenvalue weighted by Crippen LogP contribution is -2.43. The molecule has 0 bridgehead atoms. The van der Waals surface area contributed by atoms with Gasteiger partial charge in [-0.1, -0.05) is 25.1 Å². The number of rotatable bonds is 10. The Hall–Kier alpha value is -1.48. The van der Waals surface area contributed by atoms with Crippen LogP contribution in [0.5, 0.6) is 0 Å². The number of nitrogens with one attached hydrogen (secondary N) is 1. The quantitative estimate of drug-likeness (QED) is 0.312. The van der Waals surface area contributed by atoms with Crippen molar-refractivity contribution in [2.45, 2.75) is 33.2 Å². The van der Waals surface area contributed by atoms with E-state index >= 15 is 0 Å². The second-order valence-electron chi connectivity index (χ2n) is 6.28. The summed E-state index contributed by atoms with van der Waals surface area (Å²) >= 11 is 5.76. The highest BCUT2D eigenvalue weighted by molar-refractivity contribution is 7.51. The van der Waals surface area contributed by atoms with Gasteiger partial charge in [-0.15, -0.1) is 11.6 Å². The van der Waals surface area contributed by atoms with Crippen molar-refractivity contribution in [3.8, 4) is 0 Å². The molecule has 4 N–H and O–H groups in total. The molecule has 11 heteroatoms. The highest BCUT2D eigenvalue weighted by Crippen LogP contribution is 2.31. The monoisotopic (exact) mass is 452 g/mol. The van der Waals surface area contributed by atoms with Crippen LogP contribution in [0.3, 0.4) is 0 Å². The van der Waals surface area contributed by atoms with Crippen LogP contribution in [0.25, 0.3) is 0 Å². The van der Waals surface area contributed by atoms with E-state index in [0.717, 1.165) is 23.2 Å². The van der Waals surface area contributed by atoms with Crippen molar-refractivity contribution in [3.05, 3.63) is 29.3 Å². The number of alkyl halides is 1. The number of ether oxygens (including phenoxy) is 1. The zero-order valence-corrected chi connectivity index (χ0v) is 18.7. The Bertz CT molecular complexity index is 711. The molecule has 0 heterocycles. The number of para-hydroxylation sites is 1. The minimum Gasteiger partial charge on any atom is -0.480 e. The van der Waals surface area contributed by atoms with Crippen LogP contribution in [0.4, 0.5) is 5.69 Å². The van der Waals surface area contributed by atoms with E-state index in [4.69, 9.17) is 31.2 Å². The van der Waals surface area contributed by atoms with E-state index in [-0.39, 0.29) is 17.8 Å². The van der Waals surface area contributed by atoms with Gasteiger partial charge in [0.1, 0.15) is 5.88 Å². The molecule has 0 aromatic heterocycles. The van der Waals surface area contributed by atoms with Gasteiger partial charge >= 0.3 is 13.6 Å². The fourth-order valence-corrected chi connectivity index (χ4v) is 3.16. The lowest BCUT2D eigenvalue weighted by Gasteiger charge is -2.31. The van der Waals surface area contributed by atoms with E-state index in [1.54, 1.807) is 12.0 Å². The van der Waals surface area contributed by atoms with Gasteiger partial charge in [-0.3, -0.25) is 19.5 Å². The second-order valence-corrected chi connectivity index (χ2v) is 8.19. The van der Waals surface area contributed by atoms with Crippen LogP contribution < -0.4 is 10.2 Å². The number of carbonyl (C=O) groups excluding carboxylic acids is 1. The number of methoxy groups -OCH3 is 1. The highest BCUT2D eigenvalue weighted by atomic mass is 35.5. The number of carboxylic acids is 1. The number of carboxylic acid groups (broad SMARTS) is 1. The number of benzene rings is 1. The second kappa shape index (κ2) is 13.7. The molecular formula is C18H30ClN2O7P. The Morgan fingerprint density at radius 1 is 1.34 bits per heavy atom. The third-order valence-electron chi connectivity index (χ3n) is 3.77. The van der Waals surface area contributed by atoms with Crippen LogP contribution in [0.1, 0.15) is 25.0 Å². The summed E-state index contributed by atoms with van der Waals surface area (Å²) in [6, 6.07) is 6.05. The van der Waals surface area contributed by atoms with Crippen LogP contribution in [0, 0.1) is 6.92 Å². The Morgan fingerprint density at radius 3 is 2.41 bits per heavy atom. The van der Waals surface area contributed by atoms with Crippen LogP contribution in [0.2, 0.25) is 0 Å². The van der Waals surface area contributed by atoms with Gasteiger partial charge in [0, 0.05) is 7.11 Å². The van der Waals surface area contributed by atoms with Crippen molar-refractivity contribution < 1.29 is 33.8 Å². The summed E-state index contributed by atoms with van der Waals surface area (Å²) < 4.78 is 15.2. The number of nitrogens with zero attached hydrogens (tertiary/aromatic N) is 1. The topological polar surface area (TPSA) is 136 Å². The Morgan fingerprint density at radius 2 is 1.97 bits per heavy atom. The minimum absolute atomic E-state index is 0.0223. The Labute approximate surface area is 176 Å². The summed E-state index contributed by atoms with van der Waals surface area (Å²) in [5, 5.41) is 10.1. The third-order valence-corrected chi connectivity index (χ3v) is 4.63. The molecule has 0 aliphatic rings. The van der Waals surface area contributed by atoms with E-state index in [9.17, 15) is 14.2 Å². The zero-order valence-electron chi connectivity index (χ0n) is 17.1. The summed E-state index contributed by atoms with van der Waals surface area (Å²) in [6.07, 6.45) is 0.280. The van der Waals surface area contributed by atoms with Crippen LogP contribution in [-0.2, 0) is 25.3 Å². The van der Waals surface area contributed by atoms with Gasteiger partial charge in [0.2, 0.25) is 5.91 Å². The third kappa shape index (κ3) is 10.7. The van der Waals surface area contributed by atoms with E-state index < -0.39 is 26.4 Å². The molecule has 1 aromatic rings. The van der Waals surface area contributed by atoms with Crippen molar-refractivity contribution in [2.75, 3.05) is 37.3 Å². The highest BCUT2D eigenvalue weighted by Gasteiger charge is 2.24. The summed E-state index contributed by atoms with van der Waals surface area (Å²) in [4.78, 5) is 40.1. The molecule has 1 amide bonds. The predicted octanol–water partition coefficient (Wildman–Crippen LogP) is 1.96. The number of hydrogen-bond donors (Lipinski definition) is 4. The van der Waals surface area contributed by atoms with Gasteiger partial charge in [0.15, 0.2) is 0 Å². The maximum Gasteiger partial charge on any atom is 0.339 e. The Kier molecular flexibility index (Phi) is 13.0. The molecule has 0 saturated carbocycles.